The second-order valence-corrected chi connectivity index (χ2v) is 10.4. The van der Waals surface area contributed by atoms with Crippen molar-refractivity contribution < 1.29 is 19.1 Å². The lowest BCUT2D eigenvalue weighted by Crippen LogP contribution is -2.57. The van der Waals surface area contributed by atoms with Crippen molar-refractivity contribution in [3.8, 4) is 5.75 Å². The number of para-hydroxylation sites is 2. The van der Waals surface area contributed by atoms with Crippen molar-refractivity contribution in [3.63, 3.8) is 0 Å². The number of nitrogens with one attached hydrogen (secondary N) is 1. The maximum Gasteiger partial charge on any atom is 0.244 e. The van der Waals surface area contributed by atoms with Crippen molar-refractivity contribution in [1.29, 1.82) is 0 Å². The monoisotopic (exact) mass is 520 g/mol. The summed E-state index contributed by atoms with van der Waals surface area (Å²) in [5.41, 5.74) is 3.35. The number of hydrogen-bond donors (Lipinski definition) is 1. The van der Waals surface area contributed by atoms with E-state index in [0.29, 0.717) is 18.0 Å². The van der Waals surface area contributed by atoms with Gasteiger partial charge in [-0.25, -0.2) is 0 Å². The number of ether oxygens (including phenoxy) is 1. The summed E-state index contributed by atoms with van der Waals surface area (Å²) in [4.78, 5) is 39.1. The molecule has 0 radical (unpaired) electrons. The molecule has 36 heavy (non-hydrogen) atoms. The Morgan fingerprint density at radius 2 is 1.28 bits per heavy atom. The molecule has 3 amide bonds. The standard InChI is InChI=1S/C28H22Cl2N2O4/c1-2-36-21-14-8-7-13-20(21)31-22(33)15-32-25(34)23-24(26(32)35)28(30)17-10-4-3-9-16(17)27(23,29)18-11-5-6-12-19(18)28/h3-14,23-24H,2,15H2,1H3,(H,31,33)/t23-,24-,27?,28?/m1/s1. The lowest BCUT2D eigenvalue weighted by molar-refractivity contribution is -0.142. The van der Waals surface area contributed by atoms with Crippen LogP contribution in [0.15, 0.2) is 72.8 Å². The Hall–Kier alpha value is -3.35. The maximum absolute atomic E-state index is 13.8. The van der Waals surface area contributed by atoms with Crippen molar-refractivity contribution in [1.82, 2.24) is 4.90 Å². The third kappa shape index (κ3) is 2.88. The molecule has 0 aromatic heterocycles. The average molecular weight is 521 g/mol. The van der Waals surface area contributed by atoms with Gasteiger partial charge in [0.15, 0.2) is 0 Å². The van der Waals surface area contributed by atoms with Gasteiger partial charge < -0.3 is 10.1 Å². The molecule has 8 heteroatoms. The van der Waals surface area contributed by atoms with Gasteiger partial charge in [0.2, 0.25) is 17.7 Å². The van der Waals surface area contributed by atoms with Crippen molar-refractivity contribution in [2.75, 3.05) is 18.5 Å². The molecule has 3 aromatic carbocycles. The SMILES string of the molecule is CCOc1ccccc1NC(=O)CN1C(=O)[C@H]2[C@H](C1=O)C1(Cl)c3ccccc3C2(Cl)c2ccccc21. The Morgan fingerprint density at radius 1 is 0.833 bits per heavy atom. The van der Waals surface area contributed by atoms with Gasteiger partial charge in [-0.3, -0.25) is 19.3 Å². The fourth-order valence-corrected chi connectivity index (χ4v) is 7.16. The number of likely N-dealkylation sites (tertiary alicyclic amines) is 1. The minimum atomic E-state index is -1.27. The van der Waals surface area contributed by atoms with Crippen LogP contribution in [0.3, 0.4) is 0 Å². The molecule has 7 rings (SSSR count). The van der Waals surface area contributed by atoms with Crippen LogP contribution in [-0.2, 0) is 24.1 Å². The summed E-state index contributed by atoms with van der Waals surface area (Å²) >= 11 is 14.8. The number of carbonyl (C=O) groups excluding carboxylic acids is 3. The Labute approximate surface area is 218 Å². The number of benzene rings is 3. The van der Waals surface area contributed by atoms with E-state index in [0.717, 1.165) is 27.2 Å². The summed E-state index contributed by atoms with van der Waals surface area (Å²) in [6.07, 6.45) is 0. The van der Waals surface area contributed by atoms with E-state index in [4.69, 9.17) is 27.9 Å². The Bertz CT molecular complexity index is 1320. The molecule has 2 atom stereocenters. The van der Waals surface area contributed by atoms with Crippen LogP contribution in [0.2, 0.25) is 0 Å². The number of anilines is 1. The molecule has 6 nitrogen and oxygen atoms in total. The topological polar surface area (TPSA) is 75.7 Å². The molecule has 0 spiro atoms. The highest BCUT2D eigenvalue weighted by atomic mass is 35.5. The molecule has 4 aliphatic rings. The molecule has 1 aliphatic heterocycles. The second kappa shape index (κ2) is 8.08. The molecule has 0 unspecified atom stereocenters. The first-order chi connectivity index (χ1) is 17.3. The molecule has 1 fully saturated rings. The summed E-state index contributed by atoms with van der Waals surface area (Å²) < 4.78 is 5.56. The Kier molecular flexibility index (Phi) is 5.18. The quantitative estimate of drug-likeness (QED) is 0.393. The van der Waals surface area contributed by atoms with Gasteiger partial charge in [-0.05, 0) is 41.3 Å². The fourth-order valence-electron chi connectivity index (χ4n) is 6.07. The maximum atomic E-state index is 13.8. The molecule has 3 aliphatic carbocycles. The van der Waals surface area contributed by atoms with E-state index in [1.165, 1.54) is 0 Å². The predicted octanol–water partition coefficient (Wildman–Crippen LogP) is 4.62. The highest BCUT2D eigenvalue weighted by molar-refractivity contribution is 6.36. The van der Waals surface area contributed by atoms with E-state index < -0.39 is 45.9 Å². The molecule has 2 bridgehead atoms. The zero-order valence-electron chi connectivity index (χ0n) is 19.3. The third-order valence-corrected chi connectivity index (χ3v) is 8.72. The number of alkyl halides is 2. The molecule has 3 aromatic rings. The molecule has 0 saturated carbocycles. The zero-order chi connectivity index (χ0) is 25.2. The summed E-state index contributed by atoms with van der Waals surface area (Å²) in [6.45, 7) is 1.82. The van der Waals surface area contributed by atoms with Gasteiger partial charge in [0.25, 0.3) is 0 Å². The van der Waals surface area contributed by atoms with Crippen LogP contribution in [0.4, 0.5) is 5.69 Å². The van der Waals surface area contributed by atoms with Gasteiger partial charge in [0, 0.05) is 0 Å². The molecule has 182 valence electrons. The van der Waals surface area contributed by atoms with Gasteiger partial charge in [-0.1, -0.05) is 60.7 Å². The van der Waals surface area contributed by atoms with E-state index >= 15 is 0 Å². The molecule has 1 saturated heterocycles. The van der Waals surface area contributed by atoms with E-state index in [9.17, 15) is 14.4 Å². The van der Waals surface area contributed by atoms with Gasteiger partial charge in [-0.2, -0.15) is 0 Å². The van der Waals surface area contributed by atoms with Gasteiger partial charge in [0.1, 0.15) is 22.0 Å². The van der Waals surface area contributed by atoms with Crippen LogP contribution in [0.5, 0.6) is 5.75 Å². The summed E-state index contributed by atoms with van der Waals surface area (Å²) in [7, 11) is 0. The number of rotatable bonds is 5. The van der Waals surface area contributed by atoms with Crippen molar-refractivity contribution in [3.05, 3.63) is 95.1 Å². The Balaban J connectivity index is 1.39. The van der Waals surface area contributed by atoms with Crippen molar-refractivity contribution >= 4 is 46.6 Å². The molecular weight excluding hydrogens is 499 g/mol. The smallest absolute Gasteiger partial charge is 0.244 e. The summed E-state index contributed by atoms with van der Waals surface area (Å²) in [6, 6.07) is 21.9. The summed E-state index contributed by atoms with van der Waals surface area (Å²) in [5.74, 6) is -2.87. The second-order valence-electron chi connectivity index (χ2n) is 9.21. The van der Waals surface area contributed by atoms with E-state index in [1.807, 2.05) is 55.5 Å². The molecular formula is C28H22Cl2N2O4. The van der Waals surface area contributed by atoms with Gasteiger partial charge in [-0.15, -0.1) is 23.2 Å². The first-order valence-corrected chi connectivity index (χ1v) is 12.5. The number of nitrogens with zero attached hydrogens (tertiary/aromatic N) is 1. The van der Waals surface area contributed by atoms with Crippen LogP contribution >= 0.6 is 23.2 Å². The molecule has 1 heterocycles. The number of halogens is 2. The number of carbonyl (C=O) groups is 3. The summed E-state index contributed by atoms with van der Waals surface area (Å²) in [5, 5.41) is 2.76. The third-order valence-electron chi connectivity index (χ3n) is 7.44. The van der Waals surface area contributed by atoms with Crippen LogP contribution in [0, 0.1) is 11.8 Å². The van der Waals surface area contributed by atoms with Gasteiger partial charge >= 0.3 is 0 Å². The average Bonchev–Trinajstić information content (AvgIpc) is 3.14. The highest BCUT2D eigenvalue weighted by Gasteiger charge is 2.73. The first-order valence-electron chi connectivity index (χ1n) is 11.8. The van der Waals surface area contributed by atoms with Crippen LogP contribution < -0.4 is 10.1 Å². The zero-order valence-corrected chi connectivity index (χ0v) is 20.8. The number of amides is 3. The fraction of sp³-hybridized carbons (Fsp3) is 0.250. The van der Waals surface area contributed by atoms with Gasteiger partial charge in [0.05, 0.1) is 24.1 Å². The van der Waals surface area contributed by atoms with E-state index in [-0.39, 0.29) is 0 Å². The van der Waals surface area contributed by atoms with Crippen LogP contribution in [0.25, 0.3) is 0 Å². The lowest BCUT2D eigenvalue weighted by atomic mass is 9.54. The van der Waals surface area contributed by atoms with Crippen LogP contribution in [0.1, 0.15) is 29.2 Å². The van der Waals surface area contributed by atoms with Crippen molar-refractivity contribution in [2.24, 2.45) is 11.8 Å². The van der Waals surface area contributed by atoms with E-state index in [2.05, 4.69) is 5.32 Å². The molecule has 1 N–H and O–H groups in total. The number of hydrogen-bond acceptors (Lipinski definition) is 4. The van der Waals surface area contributed by atoms with Crippen LogP contribution in [-0.4, -0.2) is 35.8 Å². The van der Waals surface area contributed by atoms with E-state index in [1.54, 1.807) is 24.3 Å². The predicted molar refractivity (Wildman–Crippen MR) is 136 cm³/mol. The minimum Gasteiger partial charge on any atom is -0.492 e. The van der Waals surface area contributed by atoms with Crippen molar-refractivity contribution in [2.45, 2.75) is 16.7 Å². The normalized spacial score (nSPS) is 27.4. The lowest BCUT2D eigenvalue weighted by Gasteiger charge is -2.54. The number of imide groups is 1. The largest absolute Gasteiger partial charge is 0.492 e. The minimum absolute atomic E-state index is 0.427. The highest BCUT2D eigenvalue weighted by Crippen LogP contribution is 2.69. The Morgan fingerprint density at radius 3 is 1.75 bits per heavy atom. The first kappa shape index (κ1) is 23.1.